The van der Waals surface area contributed by atoms with Crippen molar-refractivity contribution in [2.24, 2.45) is 5.73 Å². The van der Waals surface area contributed by atoms with Crippen LogP contribution in [0.4, 0.5) is 11.4 Å². The van der Waals surface area contributed by atoms with Crippen LogP contribution in [0.1, 0.15) is 32.2 Å². The molecule has 1 fully saturated rings. The van der Waals surface area contributed by atoms with Crippen molar-refractivity contribution in [3.05, 3.63) is 53.9 Å². The quantitative estimate of drug-likeness (QED) is 0.546. The van der Waals surface area contributed by atoms with Gasteiger partial charge in [-0.25, -0.2) is 8.42 Å². The van der Waals surface area contributed by atoms with E-state index < -0.39 is 27.5 Å². The predicted octanol–water partition coefficient (Wildman–Crippen LogP) is 2.52. The molecule has 0 spiro atoms. The molecule has 0 unspecified atom stereocenters. The number of morpholine rings is 1. The van der Waals surface area contributed by atoms with Crippen molar-refractivity contribution in [1.29, 1.82) is 0 Å². The first-order valence-electron chi connectivity index (χ1n) is 12.2. The molecule has 10 nitrogen and oxygen atoms in total. The average Bonchev–Trinajstić information content (AvgIpc) is 3.36. The number of rotatable bonds is 4. The zero-order valence-corrected chi connectivity index (χ0v) is 22.0. The highest BCUT2D eigenvalue weighted by molar-refractivity contribution is 7.91. The number of carbonyl (C=O) groups excluding carboxylic acids is 1. The van der Waals surface area contributed by atoms with Crippen LogP contribution in [-0.2, 0) is 31.3 Å². The van der Waals surface area contributed by atoms with Crippen LogP contribution in [0.25, 0.3) is 11.5 Å². The summed E-state index contributed by atoms with van der Waals surface area (Å²) in [7, 11) is -3.80. The van der Waals surface area contributed by atoms with Crippen LogP contribution in [0.5, 0.6) is 0 Å². The molecule has 0 radical (unpaired) electrons. The molecule has 2 aliphatic rings. The molecule has 2 aliphatic heterocycles. The van der Waals surface area contributed by atoms with Crippen molar-refractivity contribution in [1.82, 2.24) is 10.2 Å². The number of nitrogens with zero attached hydrogens (tertiary/aromatic N) is 4. The van der Waals surface area contributed by atoms with Crippen LogP contribution < -0.4 is 15.5 Å². The summed E-state index contributed by atoms with van der Waals surface area (Å²) in [6.45, 7) is 9.05. The van der Waals surface area contributed by atoms with Gasteiger partial charge in [0.2, 0.25) is 17.7 Å². The summed E-state index contributed by atoms with van der Waals surface area (Å²) in [4.78, 5) is 17.1. The first-order valence-corrected chi connectivity index (χ1v) is 13.9. The van der Waals surface area contributed by atoms with Gasteiger partial charge in [0.05, 0.1) is 42.1 Å². The molecule has 3 heterocycles. The summed E-state index contributed by atoms with van der Waals surface area (Å²) in [6.07, 6.45) is 0. The number of hydrogen-bond donors (Lipinski definition) is 1. The SMILES string of the molecule is CC(C)(C)c1nnc(-c2ccc3c(c2)N(Cc2ccc(N4CCOCC4)cc2)C(=O)[C@@H](N)CS3(=O)=O)o1. The largest absolute Gasteiger partial charge is 0.420 e. The van der Waals surface area contributed by atoms with Crippen LogP contribution in [0.3, 0.4) is 0 Å². The van der Waals surface area contributed by atoms with Crippen LogP contribution >= 0.6 is 0 Å². The minimum atomic E-state index is -3.80. The van der Waals surface area contributed by atoms with Gasteiger partial charge in [0.15, 0.2) is 9.84 Å². The third-order valence-electron chi connectivity index (χ3n) is 6.53. The lowest BCUT2D eigenvalue weighted by Gasteiger charge is -2.29. The van der Waals surface area contributed by atoms with Gasteiger partial charge in [-0.2, -0.15) is 0 Å². The van der Waals surface area contributed by atoms with Gasteiger partial charge in [0, 0.05) is 29.8 Å². The van der Waals surface area contributed by atoms with Crippen LogP contribution in [-0.4, -0.2) is 62.6 Å². The van der Waals surface area contributed by atoms with Crippen molar-refractivity contribution >= 4 is 27.1 Å². The van der Waals surface area contributed by atoms with Gasteiger partial charge >= 0.3 is 0 Å². The molecule has 1 amide bonds. The molecule has 3 aromatic rings. The molecular weight excluding hydrogens is 494 g/mol. The highest BCUT2D eigenvalue weighted by Gasteiger charge is 2.36. The van der Waals surface area contributed by atoms with Crippen LogP contribution in [0.15, 0.2) is 51.8 Å². The predicted molar refractivity (Wildman–Crippen MR) is 139 cm³/mol. The van der Waals surface area contributed by atoms with E-state index in [0.29, 0.717) is 24.7 Å². The summed E-state index contributed by atoms with van der Waals surface area (Å²) in [5.74, 6) is -0.210. The molecule has 0 bridgehead atoms. The summed E-state index contributed by atoms with van der Waals surface area (Å²) >= 11 is 0. The van der Waals surface area contributed by atoms with Crippen molar-refractivity contribution in [2.75, 3.05) is 41.9 Å². The number of fused-ring (bicyclic) bond motifs is 1. The minimum absolute atomic E-state index is 0.0537. The topological polar surface area (TPSA) is 132 Å². The molecule has 1 saturated heterocycles. The number of amides is 1. The standard InChI is InChI=1S/C26H31N5O5S/c1-26(2,3)25-29-28-23(36-25)18-6-9-22-21(14-18)31(24(32)20(27)16-37(22,33)34)15-17-4-7-19(8-5-17)30-10-12-35-13-11-30/h4-9,14,20H,10-13,15-16,27H2,1-3H3/t20-/m0/s1. The first-order chi connectivity index (χ1) is 17.5. The van der Waals surface area contributed by atoms with Gasteiger partial charge in [-0.3, -0.25) is 4.79 Å². The van der Waals surface area contributed by atoms with E-state index >= 15 is 0 Å². The van der Waals surface area contributed by atoms with Gasteiger partial charge < -0.3 is 24.7 Å². The monoisotopic (exact) mass is 525 g/mol. The Morgan fingerprint density at radius 3 is 2.41 bits per heavy atom. The number of nitrogens with two attached hydrogens (primary N) is 1. The van der Waals surface area contributed by atoms with Gasteiger partial charge in [-0.15, -0.1) is 10.2 Å². The number of ether oxygens (including phenoxy) is 1. The molecular formula is C26H31N5O5S. The van der Waals surface area contributed by atoms with Crippen molar-refractivity contribution < 1.29 is 22.4 Å². The molecule has 0 saturated carbocycles. The summed E-state index contributed by atoms with van der Waals surface area (Å²) in [5.41, 5.74) is 8.42. The molecule has 1 atom stereocenters. The zero-order valence-electron chi connectivity index (χ0n) is 21.2. The summed E-state index contributed by atoms with van der Waals surface area (Å²) < 4.78 is 37.5. The smallest absolute Gasteiger partial charge is 0.247 e. The Morgan fingerprint density at radius 1 is 1.05 bits per heavy atom. The van der Waals surface area contributed by atoms with E-state index in [1.807, 2.05) is 45.0 Å². The Morgan fingerprint density at radius 2 is 1.76 bits per heavy atom. The van der Waals surface area contributed by atoms with Gasteiger partial charge in [0.1, 0.15) is 0 Å². The van der Waals surface area contributed by atoms with Crippen molar-refractivity contribution in [3.8, 4) is 11.5 Å². The minimum Gasteiger partial charge on any atom is -0.420 e. The maximum atomic E-state index is 13.4. The maximum Gasteiger partial charge on any atom is 0.247 e. The molecule has 37 heavy (non-hydrogen) atoms. The normalized spacial score (nSPS) is 20.0. The van der Waals surface area contributed by atoms with E-state index in [1.54, 1.807) is 12.1 Å². The van der Waals surface area contributed by atoms with E-state index in [1.165, 1.54) is 11.0 Å². The molecule has 2 aromatic carbocycles. The van der Waals surface area contributed by atoms with E-state index in [0.717, 1.165) is 24.3 Å². The summed E-state index contributed by atoms with van der Waals surface area (Å²) in [5, 5.41) is 8.29. The summed E-state index contributed by atoms with van der Waals surface area (Å²) in [6, 6.07) is 11.4. The third kappa shape index (κ3) is 5.11. The first kappa shape index (κ1) is 25.4. The molecule has 0 aliphatic carbocycles. The Balaban J connectivity index is 1.52. The van der Waals surface area contributed by atoms with Crippen LogP contribution in [0.2, 0.25) is 0 Å². The Hall–Kier alpha value is -3.28. The number of benzene rings is 2. The van der Waals surface area contributed by atoms with Gasteiger partial charge in [-0.1, -0.05) is 32.9 Å². The lowest BCUT2D eigenvalue weighted by atomic mass is 9.97. The lowest BCUT2D eigenvalue weighted by molar-refractivity contribution is -0.119. The fourth-order valence-corrected chi connectivity index (χ4v) is 6.02. The second-order valence-electron chi connectivity index (χ2n) is 10.4. The number of hydrogen-bond acceptors (Lipinski definition) is 9. The van der Waals surface area contributed by atoms with Crippen molar-refractivity contribution in [3.63, 3.8) is 0 Å². The highest BCUT2D eigenvalue weighted by Crippen LogP contribution is 2.36. The second-order valence-corrected chi connectivity index (χ2v) is 12.4. The number of anilines is 2. The Bertz CT molecular complexity index is 1410. The zero-order chi connectivity index (χ0) is 26.4. The van der Waals surface area contributed by atoms with E-state index in [9.17, 15) is 13.2 Å². The van der Waals surface area contributed by atoms with E-state index in [2.05, 4.69) is 15.1 Å². The number of aromatic nitrogens is 2. The number of sulfone groups is 1. The molecule has 5 rings (SSSR count). The maximum absolute atomic E-state index is 13.4. The lowest BCUT2D eigenvalue weighted by Crippen LogP contribution is -2.45. The molecule has 11 heteroatoms. The second kappa shape index (κ2) is 9.55. The van der Waals surface area contributed by atoms with Gasteiger partial charge in [-0.05, 0) is 35.9 Å². The fraction of sp³-hybridized carbons (Fsp3) is 0.423. The van der Waals surface area contributed by atoms with E-state index in [-0.39, 0.29) is 28.4 Å². The average molecular weight is 526 g/mol. The Kier molecular flexibility index (Phi) is 6.55. The molecule has 2 N–H and O–H groups in total. The highest BCUT2D eigenvalue weighted by atomic mass is 32.2. The van der Waals surface area contributed by atoms with Gasteiger partial charge in [0.25, 0.3) is 0 Å². The Labute approximate surface area is 216 Å². The molecule has 196 valence electrons. The van der Waals surface area contributed by atoms with Crippen molar-refractivity contribution in [2.45, 2.75) is 43.7 Å². The molecule has 1 aromatic heterocycles. The van der Waals surface area contributed by atoms with E-state index in [4.69, 9.17) is 14.9 Å². The third-order valence-corrected chi connectivity index (χ3v) is 8.35. The number of carbonyl (C=O) groups is 1. The van der Waals surface area contributed by atoms with Crippen LogP contribution in [0, 0.1) is 0 Å². The fourth-order valence-electron chi connectivity index (χ4n) is 4.46.